The largest absolute Gasteiger partial charge is 0.454 e. The third kappa shape index (κ3) is 3.39. The molecule has 1 aliphatic rings. The lowest BCUT2D eigenvalue weighted by molar-refractivity contribution is 0.173. The highest BCUT2D eigenvalue weighted by Gasteiger charge is 2.18. The minimum atomic E-state index is 0.332. The van der Waals surface area contributed by atoms with E-state index in [1.807, 2.05) is 12.1 Å². The van der Waals surface area contributed by atoms with Crippen LogP contribution in [0.5, 0.6) is 11.5 Å². The van der Waals surface area contributed by atoms with Crippen LogP contribution in [0.25, 0.3) is 0 Å². The predicted octanol–water partition coefficient (Wildman–Crippen LogP) is 2.09. The molecule has 0 aromatic heterocycles. The minimum absolute atomic E-state index is 0.332. The zero-order chi connectivity index (χ0) is 13.8. The molecule has 0 amide bonds. The SMILES string of the molecule is CC(C)C(CNCc1cccc2c1OCO2)N(C)C. The molecule has 1 N–H and O–H groups in total. The van der Waals surface area contributed by atoms with Crippen molar-refractivity contribution in [3.8, 4) is 11.5 Å². The van der Waals surface area contributed by atoms with E-state index in [0.717, 1.165) is 30.2 Å². The lowest BCUT2D eigenvalue weighted by Gasteiger charge is -2.28. The smallest absolute Gasteiger partial charge is 0.231 e. The van der Waals surface area contributed by atoms with E-state index in [1.54, 1.807) is 0 Å². The second-order valence-electron chi connectivity index (χ2n) is 5.56. The monoisotopic (exact) mass is 264 g/mol. The summed E-state index contributed by atoms with van der Waals surface area (Å²) in [5, 5.41) is 3.52. The summed E-state index contributed by atoms with van der Waals surface area (Å²) in [4.78, 5) is 2.27. The Bertz CT molecular complexity index is 411. The summed E-state index contributed by atoms with van der Waals surface area (Å²) in [5.41, 5.74) is 1.16. The molecule has 1 aromatic carbocycles. The van der Waals surface area contributed by atoms with E-state index >= 15 is 0 Å². The van der Waals surface area contributed by atoms with E-state index in [-0.39, 0.29) is 0 Å². The van der Waals surface area contributed by atoms with Gasteiger partial charge >= 0.3 is 0 Å². The van der Waals surface area contributed by atoms with Gasteiger partial charge in [-0.2, -0.15) is 0 Å². The summed E-state index contributed by atoms with van der Waals surface area (Å²) in [5.74, 6) is 2.37. The summed E-state index contributed by atoms with van der Waals surface area (Å²) in [6, 6.07) is 6.58. The Kier molecular flexibility index (Phi) is 4.66. The van der Waals surface area contributed by atoms with Crippen LogP contribution in [0.15, 0.2) is 18.2 Å². The molecule has 4 heteroatoms. The van der Waals surface area contributed by atoms with E-state index in [2.05, 4.69) is 44.2 Å². The number of hydrogen-bond donors (Lipinski definition) is 1. The molecule has 2 rings (SSSR count). The maximum absolute atomic E-state index is 5.51. The molecule has 0 saturated heterocycles. The molecular formula is C15H24N2O2. The van der Waals surface area contributed by atoms with Crippen LogP contribution in [0.1, 0.15) is 19.4 Å². The quantitative estimate of drug-likeness (QED) is 0.853. The molecule has 1 unspecified atom stereocenters. The molecule has 1 atom stereocenters. The molecule has 19 heavy (non-hydrogen) atoms. The van der Waals surface area contributed by atoms with Crippen LogP contribution in [0, 0.1) is 5.92 Å². The third-order valence-electron chi connectivity index (χ3n) is 3.58. The van der Waals surface area contributed by atoms with E-state index < -0.39 is 0 Å². The number of ether oxygens (including phenoxy) is 2. The molecule has 0 bridgehead atoms. The first-order chi connectivity index (χ1) is 9.09. The first kappa shape index (κ1) is 14.2. The standard InChI is InChI=1S/C15H24N2O2/c1-11(2)13(17(3)4)9-16-8-12-6-5-7-14-15(12)19-10-18-14/h5-7,11,13,16H,8-10H2,1-4H3. The van der Waals surface area contributed by atoms with Crippen LogP contribution in [0.4, 0.5) is 0 Å². The zero-order valence-corrected chi connectivity index (χ0v) is 12.3. The van der Waals surface area contributed by atoms with Gasteiger partial charge < -0.3 is 19.7 Å². The van der Waals surface area contributed by atoms with Crippen LogP contribution in [0.3, 0.4) is 0 Å². The highest BCUT2D eigenvalue weighted by atomic mass is 16.7. The van der Waals surface area contributed by atoms with Crippen molar-refractivity contribution >= 4 is 0 Å². The van der Waals surface area contributed by atoms with Gasteiger partial charge in [0.25, 0.3) is 0 Å². The molecule has 4 nitrogen and oxygen atoms in total. The molecule has 0 radical (unpaired) electrons. The normalized spacial score (nSPS) is 15.3. The van der Waals surface area contributed by atoms with Crippen molar-refractivity contribution in [2.24, 2.45) is 5.92 Å². The average molecular weight is 264 g/mol. The number of likely N-dealkylation sites (N-methyl/N-ethyl adjacent to an activating group) is 1. The van der Waals surface area contributed by atoms with Crippen LogP contribution in [0.2, 0.25) is 0 Å². The molecule has 0 aliphatic carbocycles. The maximum atomic E-state index is 5.51. The number of hydrogen-bond acceptors (Lipinski definition) is 4. The highest BCUT2D eigenvalue weighted by molar-refractivity contribution is 5.48. The highest BCUT2D eigenvalue weighted by Crippen LogP contribution is 2.35. The van der Waals surface area contributed by atoms with Gasteiger partial charge in [-0.15, -0.1) is 0 Å². The number of fused-ring (bicyclic) bond motifs is 1. The summed E-state index contributed by atoms with van der Waals surface area (Å²) < 4.78 is 10.9. The first-order valence-corrected chi connectivity index (χ1v) is 6.84. The van der Waals surface area contributed by atoms with Gasteiger partial charge in [-0.25, -0.2) is 0 Å². The van der Waals surface area contributed by atoms with E-state index in [4.69, 9.17) is 9.47 Å². The third-order valence-corrected chi connectivity index (χ3v) is 3.58. The number of para-hydroxylation sites is 1. The average Bonchev–Trinajstić information content (AvgIpc) is 2.82. The first-order valence-electron chi connectivity index (χ1n) is 6.84. The fraction of sp³-hybridized carbons (Fsp3) is 0.600. The summed E-state index contributed by atoms with van der Waals surface area (Å²) >= 11 is 0. The number of nitrogens with zero attached hydrogens (tertiary/aromatic N) is 1. The Hall–Kier alpha value is -1.26. The Morgan fingerprint density at radius 2 is 2.05 bits per heavy atom. The summed E-state index contributed by atoms with van der Waals surface area (Å²) in [6.45, 7) is 6.62. The van der Waals surface area contributed by atoms with E-state index in [1.165, 1.54) is 0 Å². The van der Waals surface area contributed by atoms with Gasteiger partial charge in [-0.3, -0.25) is 0 Å². The van der Waals surface area contributed by atoms with Crippen LogP contribution in [-0.2, 0) is 6.54 Å². The Morgan fingerprint density at radius 1 is 1.26 bits per heavy atom. The van der Waals surface area contributed by atoms with Crippen molar-refractivity contribution in [1.82, 2.24) is 10.2 Å². The molecule has 106 valence electrons. The number of benzene rings is 1. The topological polar surface area (TPSA) is 33.7 Å². The van der Waals surface area contributed by atoms with E-state index in [9.17, 15) is 0 Å². The van der Waals surface area contributed by atoms with Gasteiger partial charge in [-0.05, 0) is 26.1 Å². The lowest BCUT2D eigenvalue weighted by atomic mass is 10.0. The van der Waals surface area contributed by atoms with Gasteiger partial charge in [0.1, 0.15) is 0 Å². The number of rotatable bonds is 6. The molecule has 0 spiro atoms. The van der Waals surface area contributed by atoms with Gasteiger partial charge in [0.2, 0.25) is 6.79 Å². The lowest BCUT2D eigenvalue weighted by Crippen LogP contribution is -2.41. The molecule has 1 aliphatic heterocycles. The Balaban J connectivity index is 1.91. The molecular weight excluding hydrogens is 240 g/mol. The Morgan fingerprint density at radius 3 is 2.74 bits per heavy atom. The van der Waals surface area contributed by atoms with Gasteiger partial charge in [-0.1, -0.05) is 26.0 Å². The van der Waals surface area contributed by atoms with Crippen molar-refractivity contribution < 1.29 is 9.47 Å². The second-order valence-corrected chi connectivity index (χ2v) is 5.56. The minimum Gasteiger partial charge on any atom is -0.454 e. The van der Waals surface area contributed by atoms with E-state index in [0.29, 0.717) is 18.8 Å². The number of nitrogens with one attached hydrogen (secondary N) is 1. The molecule has 0 fully saturated rings. The van der Waals surface area contributed by atoms with Gasteiger partial charge in [0.15, 0.2) is 11.5 Å². The van der Waals surface area contributed by atoms with Gasteiger partial charge in [0.05, 0.1) is 0 Å². The van der Waals surface area contributed by atoms with Gasteiger partial charge in [0, 0.05) is 24.7 Å². The summed E-state index contributed by atoms with van der Waals surface area (Å²) in [7, 11) is 4.26. The molecule has 0 saturated carbocycles. The Labute approximate surface area is 115 Å². The van der Waals surface area contributed by atoms with Crippen LogP contribution in [-0.4, -0.2) is 38.4 Å². The van der Waals surface area contributed by atoms with Crippen molar-refractivity contribution in [2.75, 3.05) is 27.4 Å². The fourth-order valence-electron chi connectivity index (χ4n) is 2.50. The van der Waals surface area contributed by atoms with Crippen LogP contribution >= 0.6 is 0 Å². The van der Waals surface area contributed by atoms with Crippen molar-refractivity contribution in [3.63, 3.8) is 0 Å². The predicted molar refractivity (Wildman–Crippen MR) is 76.6 cm³/mol. The van der Waals surface area contributed by atoms with Crippen molar-refractivity contribution in [2.45, 2.75) is 26.4 Å². The molecule has 1 heterocycles. The van der Waals surface area contributed by atoms with Crippen molar-refractivity contribution in [3.05, 3.63) is 23.8 Å². The summed E-state index contributed by atoms with van der Waals surface area (Å²) in [6.07, 6.45) is 0. The maximum Gasteiger partial charge on any atom is 0.231 e. The zero-order valence-electron chi connectivity index (χ0n) is 12.3. The van der Waals surface area contributed by atoms with Crippen molar-refractivity contribution in [1.29, 1.82) is 0 Å². The second kappa shape index (κ2) is 6.26. The van der Waals surface area contributed by atoms with Crippen LogP contribution < -0.4 is 14.8 Å². The fourth-order valence-corrected chi connectivity index (χ4v) is 2.50. The molecule has 1 aromatic rings.